The molecule has 0 spiro atoms. The second kappa shape index (κ2) is 6.16. The minimum atomic E-state index is -0.259. The van der Waals surface area contributed by atoms with Crippen LogP contribution in [0.15, 0.2) is 71.9 Å². The van der Waals surface area contributed by atoms with E-state index in [1.165, 1.54) is 10.6 Å². The highest BCUT2D eigenvalue weighted by molar-refractivity contribution is 5.94. The molecule has 3 aromatic heterocycles. The van der Waals surface area contributed by atoms with Gasteiger partial charge in [-0.05, 0) is 35.9 Å². The lowest BCUT2D eigenvalue weighted by atomic mass is 10.2. The minimum absolute atomic E-state index is 0.192. The fraction of sp³-hybridized carbons (Fsp3) is 0.0526. The molecule has 1 aromatic carbocycles. The molecule has 1 amide bonds. The largest absolute Gasteiger partial charge is 0.348 e. The fourth-order valence-electron chi connectivity index (χ4n) is 2.67. The average molecular weight is 330 g/mol. The van der Waals surface area contributed by atoms with Crippen LogP contribution in [0.4, 0.5) is 0 Å². The van der Waals surface area contributed by atoms with Crippen molar-refractivity contribution in [2.75, 3.05) is 0 Å². The summed E-state index contributed by atoms with van der Waals surface area (Å²) in [7, 11) is 0. The first-order valence-corrected chi connectivity index (χ1v) is 7.81. The Bertz CT molecular complexity index is 1140. The third-order valence-corrected chi connectivity index (χ3v) is 3.95. The van der Waals surface area contributed by atoms with Gasteiger partial charge in [0.25, 0.3) is 11.5 Å². The van der Waals surface area contributed by atoms with Gasteiger partial charge in [-0.25, -0.2) is 4.98 Å². The van der Waals surface area contributed by atoms with Gasteiger partial charge in [0.1, 0.15) is 5.65 Å². The first kappa shape index (κ1) is 15.0. The number of benzene rings is 1. The van der Waals surface area contributed by atoms with Crippen LogP contribution < -0.4 is 10.9 Å². The molecule has 4 aromatic rings. The number of hydrogen-bond acceptors (Lipinski definition) is 4. The molecule has 0 radical (unpaired) electrons. The number of aromatic nitrogens is 3. The van der Waals surface area contributed by atoms with Crippen LogP contribution in [0.2, 0.25) is 0 Å². The zero-order valence-electron chi connectivity index (χ0n) is 13.2. The van der Waals surface area contributed by atoms with E-state index in [-0.39, 0.29) is 11.5 Å². The van der Waals surface area contributed by atoms with Crippen LogP contribution in [0.3, 0.4) is 0 Å². The maximum Gasteiger partial charge on any atom is 0.265 e. The number of para-hydroxylation sites is 1. The number of amides is 1. The summed E-state index contributed by atoms with van der Waals surface area (Å²) in [6.07, 6.45) is 4.90. The van der Waals surface area contributed by atoms with E-state index in [0.717, 1.165) is 5.56 Å². The van der Waals surface area contributed by atoms with Crippen molar-refractivity contribution < 1.29 is 4.79 Å². The van der Waals surface area contributed by atoms with E-state index in [1.54, 1.807) is 42.7 Å². The van der Waals surface area contributed by atoms with Crippen LogP contribution in [0.5, 0.6) is 0 Å². The average Bonchev–Trinajstić information content (AvgIpc) is 2.67. The molecular weight excluding hydrogens is 316 g/mol. The maximum absolute atomic E-state index is 12.6. The Morgan fingerprint density at radius 1 is 1.08 bits per heavy atom. The second-order valence-electron chi connectivity index (χ2n) is 5.62. The van der Waals surface area contributed by atoms with Crippen LogP contribution in [-0.4, -0.2) is 20.3 Å². The Balaban J connectivity index is 1.68. The van der Waals surface area contributed by atoms with Crippen molar-refractivity contribution in [3.63, 3.8) is 0 Å². The van der Waals surface area contributed by atoms with Crippen LogP contribution >= 0.6 is 0 Å². The number of nitrogens with one attached hydrogen (secondary N) is 1. The van der Waals surface area contributed by atoms with Gasteiger partial charge in [0.2, 0.25) is 0 Å². The van der Waals surface area contributed by atoms with Crippen LogP contribution in [0.1, 0.15) is 15.9 Å². The Morgan fingerprint density at radius 2 is 1.96 bits per heavy atom. The molecule has 0 aliphatic rings. The third-order valence-electron chi connectivity index (χ3n) is 3.95. The van der Waals surface area contributed by atoms with Crippen molar-refractivity contribution in [2.24, 2.45) is 0 Å². The molecule has 0 atom stereocenters. The van der Waals surface area contributed by atoms with Crippen molar-refractivity contribution in [1.82, 2.24) is 19.7 Å². The molecular formula is C19H14N4O2. The summed E-state index contributed by atoms with van der Waals surface area (Å²) in [5, 5.41) is 3.34. The van der Waals surface area contributed by atoms with E-state index in [2.05, 4.69) is 15.3 Å². The van der Waals surface area contributed by atoms with Crippen molar-refractivity contribution >= 4 is 22.5 Å². The first-order chi connectivity index (χ1) is 12.2. The van der Waals surface area contributed by atoms with Crippen molar-refractivity contribution in [2.45, 2.75) is 6.54 Å². The van der Waals surface area contributed by atoms with E-state index in [9.17, 15) is 9.59 Å². The Morgan fingerprint density at radius 3 is 2.80 bits per heavy atom. The van der Waals surface area contributed by atoms with Crippen molar-refractivity contribution in [3.8, 4) is 0 Å². The van der Waals surface area contributed by atoms with Crippen LogP contribution in [-0.2, 0) is 6.54 Å². The second-order valence-corrected chi connectivity index (χ2v) is 5.62. The van der Waals surface area contributed by atoms with E-state index in [0.29, 0.717) is 28.7 Å². The van der Waals surface area contributed by atoms with Gasteiger partial charge in [-0.3, -0.25) is 19.0 Å². The topological polar surface area (TPSA) is 76.4 Å². The predicted octanol–water partition coefficient (Wildman–Crippen LogP) is 2.17. The summed E-state index contributed by atoms with van der Waals surface area (Å²) < 4.78 is 1.40. The number of nitrogens with zero attached hydrogens (tertiary/aromatic N) is 3. The molecule has 25 heavy (non-hydrogen) atoms. The molecule has 4 rings (SSSR count). The summed E-state index contributed by atoms with van der Waals surface area (Å²) in [4.78, 5) is 33.5. The highest BCUT2D eigenvalue weighted by Gasteiger charge is 2.10. The fourth-order valence-corrected chi connectivity index (χ4v) is 2.67. The Labute approximate surface area is 142 Å². The number of carbonyl (C=O) groups excluding carboxylic acids is 1. The zero-order valence-corrected chi connectivity index (χ0v) is 13.2. The van der Waals surface area contributed by atoms with Gasteiger partial charge >= 0.3 is 0 Å². The van der Waals surface area contributed by atoms with E-state index in [1.807, 2.05) is 18.2 Å². The molecule has 0 aliphatic heterocycles. The minimum Gasteiger partial charge on any atom is -0.348 e. The van der Waals surface area contributed by atoms with Crippen molar-refractivity contribution in [1.29, 1.82) is 0 Å². The molecule has 0 fully saturated rings. The number of pyridine rings is 2. The van der Waals surface area contributed by atoms with Crippen molar-refractivity contribution in [3.05, 3.63) is 88.6 Å². The molecule has 1 N–H and O–H groups in total. The normalized spacial score (nSPS) is 10.9. The lowest BCUT2D eigenvalue weighted by Crippen LogP contribution is -2.24. The summed E-state index contributed by atoms with van der Waals surface area (Å²) in [6, 6.07) is 14.2. The van der Waals surface area contributed by atoms with E-state index >= 15 is 0 Å². The monoisotopic (exact) mass is 330 g/mol. The molecule has 6 heteroatoms. The van der Waals surface area contributed by atoms with E-state index in [4.69, 9.17) is 0 Å². The van der Waals surface area contributed by atoms with Gasteiger partial charge in [-0.1, -0.05) is 18.2 Å². The van der Waals surface area contributed by atoms with Gasteiger partial charge in [0.05, 0.1) is 16.5 Å². The van der Waals surface area contributed by atoms with E-state index < -0.39 is 0 Å². The molecule has 122 valence electrons. The Hall–Kier alpha value is -3.54. The predicted molar refractivity (Wildman–Crippen MR) is 94.4 cm³/mol. The molecule has 6 nitrogen and oxygen atoms in total. The third kappa shape index (κ3) is 2.85. The highest BCUT2D eigenvalue weighted by atomic mass is 16.1. The SMILES string of the molecule is O=C(NCc1cccnc1)c1ccc2nc3ccccc3c(=O)n2c1. The lowest BCUT2D eigenvalue weighted by molar-refractivity contribution is 0.0950. The lowest BCUT2D eigenvalue weighted by Gasteiger charge is -2.07. The van der Waals surface area contributed by atoms with Gasteiger partial charge in [-0.2, -0.15) is 0 Å². The van der Waals surface area contributed by atoms with Gasteiger partial charge in [-0.15, -0.1) is 0 Å². The molecule has 0 unspecified atom stereocenters. The highest BCUT2D eigenvalue weighted by Crippen LogP contribution is 2.10. The molecule has 0 saturated heterocycles. The molecule has 0 aliphatic carbocycles. The standard InChI is InChI=1S/C19H14N4O2/c24-18(21-11-13-4-3-9-20-10-13)14-7-8-17-22-16-6-2-1-5-15(16)19(25)23(17)12-14/h1-10,12H,11H2,(H,21,24). The van der Waals surface area contributed by atoms with Gasteiger partial charge in [0, 0.05) is 25.1 Å². The van der Waals surface area contributed by atoms with Crippen LogP contribution in [0, 0.1) is 0 Å². The van der Waals surface area contributed by atoms with Crippen LogP contribution in [0.25, 0.3) is 16.6 Å². The summed E-state index contributed by atoms with van der Waals surface area (Å²) >= 11 is 0. The number of fused-ring (bicyclic) bond motifs is 2. The summed E-state index contributed by atoms with van der Waals surface area (Å²) in [6.45, 7) is 0.371. The first-order valence-electron chi connectivity index (χ1n) is 7.81. The quantitative estimate of drug-likeness (QED) is 0.584. The molecule has 3 heterocycles. The number of hydrogen-bond donors (Lipinski definition) is 1. The maximum atomic E-state index is 12.6. The van der Waals surface area contributed by atoms with Gasteiger partial charge in [0.15, 0.2) is 0 Å². The number of carbonyl (C=O) groups is 1. The molecule has 0 saturated carbocycles. The summed E-state index contributed by atoms with van der Waals surface area (Å²) in [5.74, 6) is -0.259. The smallest absolute Gasteiger partial charge is 0.265 e. The Kier molecular flexibility index (Phi) is 3.70. The van der Waals surface area contributed by atoms with Gasteiger partial charge < -0.3 is 5.32 Å². The summed E-state index contributed by atoms with van der Waals surface area (Å²) in [5.41, 5.74) is 2.26. The number of rotatable bonds is 3. The molecule has 0 bridgehead atoms. The zero-order chi connectivity index (χ0) is 17.2.